The highest BCUT2D eigenvalue weighted by Gasteiger charge is 2.03. The maximum Gasteiger partial charge on any atom is 0.251 e. The van der Waals surface area contributed by atoms with E-state index in [9.17, 15) is 4.79 Å². The van der Waals surface area contributed by atoms with Crippen LogP contribution in [0.25, 0.3) is 0 Å². The fourth-order valence-corrected chi connectivity index (χ4v) is 1.60. The van der Waals surface area contributed by atoms with E-state index in [1.165, 1.54) is 6.42 Å². The normalized spacial score (nSPS) is 10.1. The molecule has 0 aliphatic heterocycles. The number of halogens is 1. The second-order valence-electron chi connectivity index (χ2n) is 3.79. The zero-order valence-corrected chi connectivity index (χ0v) is 10.4. The molecule has 1 aromatic rings. The van der Waals surface area contributed by atoms with Crippen molar-refractivity contribution in [3.63, 3.8) is 0 Å². The monoisotopic (exact) mass is 239 g/mol. The zero-order valence-electron chi connectivity index (χ0n) is 9.63. The number of unbranched alkanes of at least 4 members (excludes halogenated alkanes) is 2. The Bertz CT molecular complexity index is 321. The Morgan fingerprint density at radius 2 is 1.94 bits per heavy atom. The van der Waals surface area contributed by atoms with Crippen molar-refractivity contribution in [1.29, 1.82) is 0 Å². The highest BCUT2D eigenvalue weighted by Crippen LogP contribution is 2.06. The van der Waals surface area contributed by atoms with Crippen LogP contribution in [0, 0.1) is 0 Å². The predicted molar refractivity (Wildman–Crippen MR) is 67.9 cm³/mol. The van der Waals surface area contributed by atoms with Gasteiger partial charge in [0.05, 0.1) is 0 Å². The molecular weight excluding hydrogens is 222 g/mol. The first-order valence-electron chi connectivity index (χ1n) is 5.71. The molecule has 0 radical (unpaired) electrons. The maximum absolute atomic E-state index is 11.7. The summed E-state index contributed by atoms with van der Waals surface area (Å²) in [4.78, 5) is 11.7. The first-order chi connectivity index (χ1) is 7.77. The molecule has 1 aromatic carbocycles. The number of benzene rings is 1. The van der Waals surface area contributed by atoms with Crippen LogP contribution in [-0.4, -0.2) is 12.5 Å². The average molecular weight is 240 g/mol. The summed E-state index contributed by atoms with van der Waals surface area (Å²) in [6, 6.07) is 7.39. The largest absolute Gasteiger partial charge is 0.352 e. The van der Waals surface area contributed by atoms with Crippen LogP contribution in [0.1, 0.15) is 42.1 Å². The van der Waals surface area contributed by atoms with E-state index in [4.69, 9.17) is 11.6 Å². The summed E-state index contributed by atoms with van der Waals surface area (Å²) in [5.41, 5.74) is 1.73. The Balaban J connectivity index is 2.40. The van der Waals surface area contributed by atoms with Crippen LogP contribution in [-0.2, 0) is 5.88 Å². The Labute approximate surface area is 102 Å². The van der Waals surface area contributed by atoms with Crippen molar-refractivity contribution in [2.24, 2.45) is 0 Å². The minimum Gasteiger partial charge on any atom is -0.352 e. The van der Waals surface area contributed by atoms with Gasteiger partial charge >= 0.3 is 0 Å². The molecular formula is C13H18ClNO. The van der Waals surface area contributed by atoms with Crippen molar-refractivity contribution >= 4 is 17.5 Å². The summed E-state index contributed by atoms with van der Waals surface area (Å²) >= 11 is 5.68. The number of carbonyl (C=O) groups is 1. The summed E-state index contributed by atoms with van der Waals surface area (Å²) in [5.74, 6) is 0.482. The van der Waals surface area contributed by atoms with E-state index < -0.39 is 0 Å². The van der Waals surface area contributed by atoms with E-state index in [1.54, 1.807) is 0 Å². The second-order valence-corrected chi connectivity index (χ2v) is 4.06. The predicted octanol–water partition coefficient (Wildman–Crippen LogP) is 3.35. The third-order valence-corrected chi connectivity index (χ3v) is 2.74. The van der Waals surface area contributed by atoms with Gasteiger partial charge in [-0.1, -0.05) is 31.9 Å². The van der Waals surface area contributed by atoms with E-state index >= 15 is 0 Å². The lowest BCUT2D eigenvalue weighted by atomic mass is 10.1. The molecule has 0 atom stereocenters. The van der Waals surface area contributed by atoms with Gasteiger partial charge in [-0.15, -0.1) is 11.6 Å². The molecule has 88 valence electrons. The lowest BCUT2D eigenvalue weighted by molar-refractivity contribution is 0.0953. The Morgan fingerprint density at radius 3 is 2.50 bits per heavy atom. The molecule has 1 amide bonds. The Morgan fingerprint density at radius 1 is 1.25 bits per heavy atom. The smallest absolute Gasteiger partial charge is 0.251 e. The van der Waals surface area contributed by atoms with Crippen molar-refractivity contribution in [3.05, 3.63) is 35.4 Å². The number of hydrogen-bond acceptors (Lipinski definition) is 1. The van der Waals surface area contributed by atoms with Gasteiger partial charge in [0.1, 0.15) is 0 Å². The number of nitrogens with one attached hydrogen (secondary N) is 1. The molecule has 0 saturated heterocycles. The molecule has 0 aliphatic rings. The molecule has 1 N–H and O–H groups in total. The van der Waals surface area contributed by atoms with E-state index in [0.29, 0.717) is 11.4 Å². The van der Waals surface area contributed by atoms with E-state index in [2.05, 4.69) is 12.2 Å². The molecule has 0 saturated carbocycles. The standard InChI is InChI=1S/C13H18ClNO/c1-2-3-4-9-15-13(16)12-7-5-11(10-14)6-8-12/h5-8H,2-4,9-10H2,1H3,(H,15,16). The summed E-state index contributed by atoms with van der Waals surface area (Å²) in [5, 5.41) is 2.90. The third kappa shape index (κ3) is 4.23. The van der Waals surface area contributed by atoms with Gasteiger partial charge in [0.15, 0.2) is 0 Å². The van der Waals surface area contributed by atoms with Gasteiger partial charge in [0.2, 0.25) is 0 Å². The van der Waals surface area contributed by atoms with E-state index in [0.717, 1.165) is 24.9 Å². The summed E-state index contributed by atoms with van der Waals surface area (Å²) in [7, 11) is 0. The van der Waals surface area contributed by atoms with Gasteiger partial charge in [-0.3, -0.25) is 4.79 Å². The molecule has 0 fully saturated rings. The van der Waals surface area contributed by atoms with Crippen LogP contribution in [0.5, 0.6) is 0 Å². The fraction of sp³-hybridized carbons (Fsp3) is 0.462. The van der Waals surface area contributed by atoms with Crippen molar-refractivity contribution in [1.82, 2.24) is 5.32 Å². The summed E-state index contributed by atoms with van der Waals surface area (Å²) in [6.07, 6.45) is 3.37. The molecule has 0 aliphatic carbocycles. The quantitative estimate of drug-likeness (QED) is 0.599. The first-order valence-corrected chi connectivity index (χ1v) is 6.24. The van der Waals surface area contributed by atoms with Gasteiger partial charge < -0.3 is 5.32 Å². The molecule has 0 aromatic heterocycles. The van der Waals surface area contributed by atoms with Gasteiger partial charge in [-0.2, -0.15) is 0 Å². The lowest BCUT2D eigenvalue weighted by Crippen LogP contribution is -2.24. The molecule has 3 heteroatoms. The Kier molecular flexibility index (Phi) is 5.94. The van der Waals surface area contributed by atoms with Crippen molar-refractivity contribution in [3.8, 4) is 0 Å². The van der Waals surface area contributed by atoms with Crippen molar-refractivity contribution < 1.29 is 4.79 Å². The Hall–Kier alpha value is -1.02. The topological polar surface area (TPSA) is 29.1 Å². The average Bonchev–Trinajstić information content (AvgIpc) is 2.34. The van der Waals surface area contributed by atoms with E-state index in [-0.39, 0.29) is 5.91 Å². The highest BCUT2D eigenvalue weighted by atomic mass is 35.5. The van der Waals surface area contributed by atoms with Crippen molar-refractivity contribution in [2.45, 2.75) is 32.1 Å². The molecule has 1 rings (SSSR count). The zero-order chi connectivity index (χ0) is 11.8. The van der Waals surface area contributed by atoms with E-state index in [1.807, 2.05) is 24.3 Å². The number of amides is 1. The van der Waals surface area contributed by atoms with Gasteiger partial charge in [0.25, 0.3) is 5.91 Å². The van der Waals surface area contributed by atoms with Crippen LogP contribution >= 0.6 is 11.6 Å². The molecule has 0 spiro atoms. The van der Waals surface area contributed by atoms with Crippen LogP contribution < -0.4 is 5.32 Å². The minimum atomic E-state index is -0.00257. The van der Waals surface area contributed by atoms with Gasteiger partial charge in [0, 0.05) is 18.0 Å². The van der Waals surface area contributed by atoms with Crippen molar-refractivity contribution in [2.75, 3.05) is 6.54 Å². The molecule has 0 bridgehead atoms. The maximum atomic E-state index is 11.7. The summed E-state index contributed by atoms with van der Waals surface area (Å²) < 4.78 is 0. The van der Waals surface area contributed by atoms with Gasteiger partial charge in [-0.25, -0.2) is 0 Å². The molecule has 0 heterocycles. The SMILES string of the molecule is CCCCCNC(=O)c1ccc(CCl)cc1. The minimum absolute atomic E-state index is 0.00257. The number of alkyl halides is 1. The number of hydrogen-bond donors (Lipinski definition) is 1. The number of carbonyl (C=O) groups excluding carboxylic acids is 1. The molecule has 2 nitrogen and oxygen atoms in total. The highest BCUT2D eigenvalue weighted by molar-refractivity contribution is 6.17. The van der Waals surface area contributed by atoms with Crippen LogP contribution in [0.15, 0.2) is 24.3 Å². The van der Waals surface area contributed by atoms with Crippen LogP contribution in [0.2, 0.25) is 0 Å². The van der Waals surface area contributed by atoms with Gasteiger partial charge in [-0.05, 0) is 24.1 Å². The lowest BCUT2D eigenvalue weighted by Gasteiger charge is -2.05. The fourth-order valence-electron chi connectivity index (χ4n) is 1.42. The number of rotatable bonds is 6. The van der Waals surface area contributed by atoms with Crippen LogP contribution in [0.3, 0.4) is 0 Å². The summed E-state index contributed by atoms with van der Waals surface area (Å²) in [6.45, 7) is 2.90. The second kappa shape index (κ2) is 7.29. The molecule has 16 heavy (non-hydrogen) atoms. The first kappa shape index (κ1) is 13.0. The molecule has 0 unspecified atom stereocenters. The van der Waals surface area contributed by atoms with Crippen LogP contribution in [0.4, 0.5) is 0 Å². The third-order valence-electron chi connectivity index (χ3n) is 2.44.